The summed E-state index contributed by atoms with van der Waals surface area (Å²) in [5.41, 5.74) is 2.12. The van der Waals surface area contributed by atoms with E-state index in [-0.39, 0.29) is 6.03 Å². The standard InChI is InChI=1S/C17H15N5O/c1-3-13-7-6-8-14(11-13)18-17(23)21(2)12-16-20-19-15-9-4-5-10-22(15)16/h1,4-11H,12H2,2H3,(H,18,23). The fourth-order valence-corrected chi connectivity index (χ4v) is 2.19. The van der Waals surface area contributed by atoms with Crippen molar-refractivity contribution >= 4 is 17.4 Å². The Kier molecular flexibility index (Phi) is 3.93. The first-order chi connectivity index (χ1) is 11.2. The van der Waals surface area contributed by atoms with Gasteiger partial charge in [-0.1, -0.05) is 18.1 Å². The van der Waals surface area contributed by atoms with E-state index >= 15 is 0 Å². The maximum absolute atomic E-state index is 12.3. The zero-order valence-electron chi connectivity index (χ0n) is 12.6. The van der Waals surface area contributed by atoms with Crippen LogP contribution in [0.1, 0.15) is 11.4 Å². The normalized spacial score (nSPS) is 10.3. The molecule has 114 valence electrons. The van der Waals surface area contributed by atoms with Crippen molar-refractivity contribution in [3.63, 3.8) is 0 Å². The van der Waals surface area contributed by atoms with Crippen molar-refractivity contribution in [1.29, 1.82) is 0 Å². The molecule has 3 rings (SSSR count). The van der Waals surface area contributed by atoms with Crippen molar-refractivity contribution in [2.24, 2.45) is 0 Å². The van der Waals surface area contributed by atoms with Crippen LogP contribution in [0.5, 0.6) is 0 Å². The Morgan fingerprint density at radius 2 is 2.17 bits per heavy atom. The highest BCUT2D eigenvalue weighted by atomic mass is 16.2. The van der Waals surface area contributed by atoms with Gasteiger partial charge < -0.3 is 10.2 Å². The third kappa shape index (κ3) is 3.14. The number of urea groups is 1. The molecule has 0 aliphatic rings. The maximum Gasteiger partial charge on any atom is 0.321 e. The number of hydrogen-bond acceptors (Lipinski definition) is 3. The van der Waals surface area contributed by atoms with Crippen molar-refractivity contribution in [3.05, 3.63) is 60.0 Å². The molecule has 0 unspecified atom stereocenters. The average Bonchev–Trinajstić information content (AvgIpc) is 2.98. The van der Waals surface area contributed by atoms with E-state index in [1.807, 2.05) is 34.9 Å². The molecule has 0 bridgehead atoms. The minimum Gasteiger partial charge on any atom is -0.320 e. The number of anilines is 1. The second-order valence-corrected chi connectivity index (χ2v) is 5.06. The third-order valence-electron chi connectivity index (χ3n) is 3.39. The van der Waals surface area contributed by atoms with Gasteiger partial charge in [0, 0.05) is 24.5 Å². The van der Waals surface area contributed by atoms with E-state index in [9.17, 15) is 4.79 Å². The van der Waals surface area contributed by atoms with Crippen molar-refractivity contribution in [3.8, 4) is 12.3 Å². The Balaban J connectivity index is 1.71. The fourth-order valence-electron chi connectivity index (χ4n) is 2.19. The van der Waals surface area contributed by atoms with Gasteiger partial charge in [0.1, 0.15) is 0 Å². The van der Waals surface area contributed by atoms with E-state index in [4.69, 9.17) is 6.42 Å². The van der Waals surface area contributed by atoms with Gasteiger partial charge in [0.15, 0.2) is 11.5 Å². The summed E-state index contributed by atoms with van der Waals surface area (Å²) in [6.07, 6.45) is 7.23. The largest absolute Gasteiger partial charge is 0.321 e. The zero-order chi connectivity index (χ0) is 16.2. The molecule has 1 aromatic carbocycles. The van der Waals surface area contributed by atoms with Crippen LogP contribution in [0.25, 0.3) is 5.65 Å². The molecule has 2 amide bonds. The van der Waals surface area contributed by atoms with Gasteiger partial charge in [-0.15, -0.1) is 16.6 Å². The molecule has 2 aromatic heterocycles. The molecule has 0 aliphatic heterocycles. The van der Waals surface area contributed by atoms with Crippen LogP contribution in [0.2, 0.25) is 0 Å². The topological polar surface area (TPSA) is 62.5 Å². The first-order valence-corrected chi connectivity index (χ1v) is 7.05. The Labute approximate surface area is 133 Å². The van der Waals surface area contributed by atoms with E-state index < -0.39 is 0 Å². The summed E-state index contributed by atoms with van der Waals surface area (Å²) in [5.74, 6) is 3.23. The van der Waals surface area contributed by atoms with Gasteiger partial charge in [-0.2, -0.15) is 0 Å². The molecule has 6 nitrogen and oxygen atoms in total. The summed E-state index contributed by atoms with van der Waals surface area (Å²) >= 11 is 0. The number of benzene rings is 1. The molecule has 2 heterocycles. The number of nitrogens with zero attached hydrogens (tertiary/aromatic N) is 4. The number of fused-ring (bicyclic) bond motifs is 1. The van der Waals surface area contributed by atoms with Gasteiger partial charge >= 0.3 is 6.03 Å². The van der Waals surface area contributed by atoms with E-state index in [1.165, 1.54) is 4.90 Å². The molecule has 3 aromatic rings. The number of terminal acetylenes is 1. The number of rotatable bonds is 3. The average molecular weight is 305 g/mol. The number of aromatic nitrogens is 3. The van der Waals surface area contributed by atoms with Crippen LogP contribution in [0.4, 0.5) is 10.5 Å². The molecule has 23 heavy (non-hydrogen) atoms. The Morgan fingerprint density at radius 1 is 1.30 bits per heavy atom. The van der Waals surface area contributed by atoms with Gasteiger partial charge in [0.2, 0.25) is 0 Å². The molecule has 0 radical (unpaired) electrons. The molecule has 0 aliphatic carbocycles. The molecule has 0 atom stereocenters. The minimum atomic E-state index is -0.244. The van der Waals surface area contributed by atoms with Crippen LogP contribution in [-0.2, 0) is 6.54 Å². The lowest BCUT2D eigenvalue weighted by Crippen LogP contribution is -2.31. The van der Waals surface area contributed by atoms with Gasteiger partial charge in [-0.05, 0) is 30.3 Å². The number of carbonyl (C=O) groups is 1. The van der Waals surface area contributed by atoms with Crippen molar-refractivity contribution in [2.45, 2.75) is 6.54 Å². The van der Waals surface area contributed by atoms with E-state index in [0.717, 1.165) is 5.65 Å². The summed E-state index contributed by atoms with van der Waals surface area (Å²) in [4.78, 5) is 13.8. The van der Waals surface area contributed by atoms with Gasteiger partial charge in [0.05, 0.1) is 6.54 Å². The maximum atomic E-state index is 12.3. The molecule has 1 N–H and O–H groups in total. The van der Waals surface area contributed by atoms with E-state index in [0.29, 0.717) is 23.6 Å². The third-order valence-corrected chi connectivity index (χ3v) is 3.39. The quantitative estimate of drug-likeness (QED) is 0.756. The molecule has 0 saturated carbocycles. The predicted molar refractivity (Wildman–Crippen MR) is 87.8 cm³/mol. The number of hydrogen-bond donors (Lipinski definition) is 1. The van der Waals surface area contributed by atoms with E-state index in [2.05, 4.69) is 21.4 Å². The highest BCUT2D eigenvalue weighted by molar-refractivity contribution is 5.89. The summed E-state index contributed by atoms with van der Waals surface area (Å²) < 4.78 is 1.85. The summed E-state index contributed by atoms with van der Waals surface area (Å²) in [6, 6.07) is 12.6. The lowest BCUT2D eigenvalue weighted by Gasteiger charge is -2.17. The van der Waals surface area contributed by atoms with Crippen molar-refractivity contribution in [1.82, 2.24) is 19.5 Å². The molecule has 6 heteroatoms. The lowest BCUT2D eigenvalue weighted by atomic mass is 10.2. The van der Waals surface area contributed by atoms with Crippen LogP contribution >= 0.6 is 0 Å². The Morgan fingerprint density at radius 3 is 3.00 bits per heavy atom. The van der Waals surface area contributed by atoms with Gasteiger partial charge in [-0.25, -0.2) is 4.79 Å². The number of amides is 2. The second kappa shape index (κ2) is 6.20. The van der Waals surface area contributed by atoms with Gasteiger partial charge in [0.25, 0.3) is 0 Å². The van der Waals surface area contributed by atoms with Crippen molar-refractivity contribution < 1.29 is 4.79 Å². The summed E-state index contributed by atoms with van der Waals surface area (Å²) in [6.45, 7) is 0.339. The first kappa shape index (κ1) is 14.6. The van der Waals surface area contributed by atoms with Crippen LogP contribution in [0.3, 0.4) is 0 Å². The smallest absolute Gasteiger partial charge is 0.320 e. The molecular formula is C17H15N5O. The van der Waals surface area contributed by atoms with Crippen molar-refractivity contribution in [2.75, 3.05) is 12.4 Å². The predicted octanol–water partition coefficient (Wildman–Crippen LogP) is 2.37. The van der Waals surface area contributed by atoms with Crippen LogP contribution < -0.4 is 5.32 Å². The van der Waals surface area contributed by atoms with E-state index in [1.54, 1.807) is 25.2 Å². The zero-order valence-corrected chi connectivity index (χ0v) is 12.6. The van der Waals surface area contributed by atoms with Crippen LogP contribution in [0, 0.1) is 12.3 Å². The fraction of sp³-hybridized carbons (Fsp3) is 0.118. The number of pyridine rings is 1. The first-order valence-electron chi connectivity index (χ1n) is 7.05. The lowest BCUT2D eigenvalue weighted by molar-refractivity contribution is 0.219. The monoisotopic (exact) mass is 305 g/mol. The Hall–Kier alpha value is -3.33. The minimum absolute atomic E-state index is 0.244. The highest BCUT2D eigenvalue weighted by Gasteiger charge is 2.13. The Bertz CT molecular complexity index is 893. The van der Waals surface area contributed by atoms with Crippen LogP contribution in [0.15, 0.2) is 48.7 Å². The molecular weight excluding hydrogens is 290 g/mol. The second-order valence-electron chi connectivity index (χ2n) is 5.06. The summed E-state index contributed by atoms with van der Waals surface area (Å²) in [5, 5.41) is 11.0. The highest BCUT2D eigenvalue weighted by Crippen LogP contribution is 2.11. The number of carbonyl (C=O) groups excluding carboxylic acids is 1. The molecule has 0 spiro atoms. The van der Waals surface area contributed by atoms with Crippen LogP contribution in [-0.4, -0.2) is 32.6 Å². The molecule has 0 saturated heterocycles. The summed E-state index contributed by atoms with van der Waals surface area (Å²) in [7, 11) is 1.70. The number of nitrogens with one attached hydrogen (secondary N) is 1. The molecule has 0 fully saturated rings. The SMILES string of the molecule is C#Cc1cccc(NC(=O)N(C)Cc2nnc3ccccn23)c1. The van der Waals surface area contributed by atoms with Gasteiger partial charge in [-0.3, -0.25) is 4.40 Å².